The van der Waals surface area contributed by atoms with Gasteiger partial charge in [-0.1, -0.05) is 0 Å². The fourth-order valence-corrected chi connectivity index (χ4v) is 5.13. The van der Waals surface area contributed by atoms with Gasteiger partial charge in [-0.15, -0.1) is 22.7 Å². The Kier molecular flexibility index (Phi) is 5.00. The SMILES string of the molecule is Cn1ccsc1=NC(=O)c1c(NC(=O)c2cccnc2)sc2c1CCCC2. The first kappa shape index (κ1) is 17.8. The Hall–Kier alpha value is -2.58. The maximum Gasteiger partial charge on any atom is 0.282 e. The van der Waals surface area contributed by atoms with E-state index >= 15 is 0 Å². The molecule has 0 unspecified atom stereocenters. The van der Waals surface area contributed by atoms with Crippen LogP contribution in [0, 0.1) is 0 Å². The van der Waals surface area contributed by atoms with E-state index in [9.17, 15) is 9.59 Å². The number of carbonyl (C=O) groups excluding carboxylic acids is 2. The molecule has 0 spiro atoms. The van der Waals surface area contributed by atoms with Crippen LogP contribution in [-0.4, -0.2) is 21.4 Å². The van der Waals surface area contributed by atoms with Gasteiger partial charge in [-0.2, -0.15) is 4.99 Å². The molecule has 1 aliphatic rings. The van der Waals surface area contributed by atoms with Crippen molar-refractivity contribution in [3.05, 3.63) is 62.5 Å². The molecule has 0 bridgehead atoms. The number of pyridine rings is 1. The molecule has 0 atom stereocenters. The van der Waals surface area contributed by atoms with Crippen molar-refractivity contribution in [2.75, 3.05) is 5.32 Å². The first-order chi connectivity index (χ1) is 13.1. The van der Waals surface area contributed by atoms with E-state index in [1.807, 2.05) is 23.2 Å². The zero-order valence-electron chi connectivity index (χ0n) is 14.8. The zero-order chi connectivity index (χ0) is 18.8. The monoisotopic (exact) mass is 398 g/mol. The van der Waals surface area contributed by atoms with Crippen LogP contribution in [0.3, 0.4) is 0 Å². The summed E-state index contributed by atoms with van der Waals surface area (Å²) >= 11 is 2.91. The van der Waals surface area contributed by atoms with Crippen molar-refractivity contribution in [1.82, 2.24) is 9.55 Å². The van der Waals surface area contributed by atoms with Gasteiger partial charge < -0.3 is 9.88 Å². The van der Waals surface area contributed by atoms with Crippen LogP contribution in [0.15, 0.2) is 41.1 Å². The molecule has 0 saturated carbocycles. The van der Waals surface area contributed by atoms with Crippen molar-refractivity contribution < 1.29 is 9.59 Å². The van der Waals surface area contributed by atoms with Gasteiger partial charge in [-0.05, 0) is 43.4 Å². The largest absolute Gasteiger partial charge is 0.327 e. The fraction of sp³-hybridized carbons (Fsp3) is 0.263. The van der Waals surface area contributed by atoms with Crippen LogP contribution in [0.25, 0.3) is 0 Å². The molecule has 1 N–H and O–H groups in total. The molecule has 8 heteroatoms. The number of hydrogen-bond donors (Lipinski definition) is 1. The number of hydrogen-bond acceptors (Lipinski definition) is 5. The first-order valence-corrected chi connectivity index (χ1v) is 10.4. The molecule has 0 aromatic carbocycles. The lowest BCUT2D eigenvalue weighted by Gasteiger charge is -2.11. The van der Waals surface area contributed by atoms with E-state index in [0.717, 1.165) is 31.2 Å². The minimum atomic E-state index is -0.297. The summed E-state index contributed by atoms with van der Waals surface area (Å²) in [5.41, 5.74) is 2.05. The second-order valence-corrected chi connectivity index (χ2v) is 8.30. The van der Waals surface area contributed by atoms with Crippen LogP contribution in [0.1, 0.15) is 44.0 Å². The Morgan fingerprint density at radius 2 is 2.15 bits per heavy atom. The van der Waals surface area contributed by atoms with Crippen LogP contribution in [-0.2, 0) is 19.9 Å². The molecule has 3 aromatic rings. The summed E-state index contributed by atoms with van der Waals surface area (Å²) in [5, 5.41) is 5.39. The van der Waals surface area contributed by atoms with Gasteiger partial charge in [0.05, 0.1) is 11.1 Å². The molecule has 3 heterocycles. The number of amides is 2. The summed E-state index contributed by atoms with van der Waals surface area (Å²) in [6.07, 6.45) is 8.94. The molecule has 0 fully saturated rings. The predicted octanol–water partition coefficient (Wildman–Crippen LogP) is 3.42. The summed E-state index contributed by atoms with van der Waals surface area (Å²) in [6, 6.07) is 3.42. The van der Waals surface area contributed by atoms with Crippen molar-refractivity contribution in [3.63, 3.8) is 0 Å². The normalized spacial score (nSPS) is 14.0. The Morgan fingerprint density at radius 1 is 1.30 bits per heavy atom. The number of aromatic nitrogens is 2. The van der Waals surface area contributed by atoms with Crippen molar-refractivity contribution in [2.24, 2.45) is 12.0 Å². The molecule has 0 aliphatic heterocycles. The van der Waals surface area contributed by atoms with E-state index in [1.54, 1.807) is 18.3 Å². The summed E-state index contributed by atoms with van der Waals surface area (Å²) in [4.78, 5) is 35.7. The lowest BCUT2D eigenvalue weighted by atomic mass is 9.95. The molecule has 6 nitrogen and oxygen atoms in total. The van der Waals surface area contributed by atoms with E-state index in [0.29, 0.717) is 20.9 Å². The van der Waals surface area contributed by atoms with E-state index in [4.69, 9.17) is 0 Å². The van der Waals surface area contributed by atoms with Crippen molar-refractivity contribution >= 4 is 39.5 Å². The number of carbonyl (C=O) groups is 2. The van der Waals surface area contributed by atoms with Crippen LogP contribution in [0.4, 0.5) is 5.00 Å². The molecule has 0 saturated heterocycles. The van der Waals surface area contributed by atoms with Gasteiger partial charge >= 0.3 is 0 Å². The zero-order valence-corrected chi connectivity index (χ0v) is 16.4. The van der Waals surface area contributed by atoms with Crippen molar-refractivity contribution in [3.8, 4) is 0 Å². The van der Waals surface area contributed by atoms with Crippen LogP contribution < -0.4 is 10.1 Å². The Labute approximate surface area is 164 Å². The summed E-state index contributed by atoms with van der Waals surface area (Å²) in [5.74, 6) is -0.564. The van der Waals surface area contributed by atoms with Crippen LogP contribution >= 0.6 is 22.7 Å². The smallest absolute Gasteiger partial charge is 0.282 e. The van der Waals surface area contributed by atoms with Gasteiger partial charge in [0, 0.05) is 35.9 Å². The second kappa shape index (κ2) is 7.58. The average Bonchev–Trinajstić information content (AvgIpc) is 3.25. The standard InChI is InChI=1S/C19H18N4O2S2/c1-23-9-10-26-19(23)22-17(25)15-13-6-2-3-7-14(13)27-18(15)21-16(24)12-5-4-8-20-11-12/h4-5,8-11H,2-3,6-7H2,1H3,(H,21,24). The topological polar surface area (TPSA) is 76.3 Å². The minimum absolute atomic E-state index is 0.266. The Balaban J connectivity index is 1.74. The lowest BCUT2D eigenvalue weighted by molar-refractivity contribution is 0.0998. The summed E-state index contributed by atoms with van der Waals surface area (Å²) in [7, 11) is 1.86. The highest BCUT2D eigenvalue weighted by atomic mass is 32.1. The molecular formula is C19H18N4O2S2. The van der Waals surface area contributed by atoms with E-state index in [-0.39, 0.29) is 11.8 Å². The highest BCUT2D eigenvalue weighted by Crippen LogP contribution is 2.38. The second-order valence-electron chi connectivity index (χ2n) is 6.32. The third-order valence-electron chi connectivity index (χ3n) is 4.49. The Morgan fingerprint density at radius 3 is 2.89 bits per heavy atom. The molecular weight excluding hydrogens is 380 g/mol. The predicted molar refractivity (Wildman–Crippen MR) is 106 cm³/mol. The van der Waals surface area contributed by atoms with Crippen LogP contribution in [0.2, 0.25) is 0 Å². The number of anilines is 1. The number of thiazole rings is 1. The number of rotatable bonds is 3. The first-order valence-electron chi connectivity index (χ1n) is 8.68. The molecule has 1 aliphatic carbocycles. The van der Waals surface area contributed by atoms with Gasteiger partial charge in [0.2, 0.25) is 0 Å². The highest BCUT2D eigenvalue weighted by molar-refractivity contribution is 7.17. The number of thiophene rings is 1. The summed E-state index contributed by atoms with van der Waals surface area (Å²) < 4.78 is 1.81. The molecule has 3 aromatic heterocycles. The number of aryl methyl sites for hydroxylation is 2. The Bertz CT molecular complexity index is 1060. The number of fused-ring (bicyclic) bond motifs is 1. The van der Waals surface area contributed by atoms with Crippen LogP contribution in [0.5, 0.6) is 0 Å². The maximum absolute atomic E-state index is 13.0. The van der Waals surface area contributed by atoms with Gasteiger partial charge in [-0.25, -0.2) is 0 Å². The number of nitrogens with zero attached hydrogens (tertiary/aromatic N) is 3. The highest BCUT2D eigenvalue weighted by Gasteiger charge is 2.26. The minimum Gasteiger partial charge on any atom is -0.327 e. The molecule has 2 amide bonds. The van der Waals surface area contributed by atoms with E-state index in [2.05, 4.69) is 15.3 Å². The van der Waals surface area contributed by atoms with Gasteiger partial charge in [-0.3, -0.25) is 14.6 Å². The third kappa shape index (κ3) is 3.63. The molecule has 0 radical (unpaired) electrons. The fourth-order valence-electron chi connectivity index (χ4n) is 3.13. The molecule has 138 valence electrons. The molecule has 4 rings (SSSR count). The number of nitrogens with one attached hydrogen (secondary N) is 1. The quantitative estimate of drug-likeness (QED) is 0.734. The summed E-state index contributed by atoms with van der Waals surface area (Å²) in [6.45, 7) is 0. The maximum atomic E-state index is 13.0. The average molecular weight is 399 g/mol. The third-order valence-corrected chi connectivity index (χ3v) is 6.55. The van der Waals surface area contributed by atoms with Gasteiger partial charge in [0.15, 0.2) is 4.80 Å². The molecule has 27 heavy (non-hydrogen) atoms. The van der Waals surface area contributed by atoms with Gasteiger partial charge in [0.25, 0.3) is 11.8 Å². The van der Waals surface area contributed by atoms with Gasteiger partial charge in [0.1, 0.15) is 5.00 Å². The van der Waals surface area contributed by atoms with Crippen molar-refractivity contribution in [2.45, 2.75) is 25.7 Å². The lowest BCUT2D eigenvalue weighted by Crippen LogP contribution is -2.16. The van der Waals surface area contributed by atoms with E-state index < -0.39 is 0 Å². The van der Waals surface area contributed by atoms with E-state index in [1.165, 1.54) is 33.7 Å². The van der Waals surface area contributed by atoms with Crippen molar-refractivity contribution in [1.29, 1.82) is 0 Å².